The van der Waals surface area contributed by atoms with Gasteiger partial charge in [-0.15, -0.1) is 0 Å². The van der Waals surface area contributed by atoms with Crippen molar-refractivity contribution >= 4 is 11.9 Å². The van der Waals surface area contributed by atoms with Crippen molar-refractivity contribution in [2.45, 2.75) is 50.7 Å². The summed E-state index contributed by atoms with van der Waals surface area (Å²) in [5.74, 6) is -0.346. The Balaban J connectivity index is 1.48. The van der Waals surface area contributed by atoms with Crippen LogP contribution in [-0.4, -0.2) is 42.3 Å². The number of aliphatic carboxylic acids is 1. The number of benzene rings is 1. The van der Waals surface area contributed by atoms with E-state index in [1.54, 1.807) is 12.1 Å². The molecule has 1 aromatic rings. The lowest BCUT2D eigenvalue weighted by molar-refractivity contribution is -0.142. The second-order valence-corrected chi connectivity index (χ2v) is 6.81. The highest BCUT2D eigenvalue weighted by Gasteiger charge is 2.26. The highest BCUT2D eigenvalue weighted by molar-refractivity contribution is 5.94. The van der Waals surface area contributed by atoms with Crippen molar-refractivity contribution in [1.82, 2.24) is 5.32 Å². The van der Waals surface area contributed by atoms with Crippen LogP contribution in [0.15, 0.2) is 24.3 Å². The van der Waals surface area contributed by atoms with E-state index in [1.807, 2.05) is 12.1 Å². The Kier molecular flexibility index (Phi) is 5.91. The summed E-state index contributed by atoms with van der Waals surface area (Å²) in [5, 5.41) is 12.0. The van der Waals surface area contributed by atoms with Crippen LogP contribution < -0.4 is 10.1 Å². The molecule has 2 N–H and O–H groups in total. The molecule has 25 heavy (non-hydrogen) atoms. The van der Waals surface area contributed by atoms with E-state index >= 15 is 0 Å². The minimum absolute atomic E-state index is 0.0567. The molecule has 2 fully saturated rings. The molecule has 2 aliphatic rings. The normalized spacial score (nSPS) is 24.5. The van der Waals surface area contributed by atoms with Gasteiger partial charge in [0, 0.05) is 24.4 Å². The Morgan fingerprint density at radius 3 is 2.24 bits per heavy atom. The van der Waals surface area contributed by atoms with Gasteiger partial charge < -0.3 is 19.9 Å². The molecule has 136 valence electrons. The highest BCUT2D eigenvalue weighted by atomic mass is 16.5. The van der Waals surface area contributed by atoms with Gasteiger partial charge in [-0.1, -0.05) is 0 Å². The van der Waals surface area contributed by atoms with Gasteiger partial charge in [0.15, 0.2) is 0 Å². The molecule has 0 aromatic heterocycles. The van der Waals surface area contributed by atoms with Gasteiger partial charge in [-0.3, -0.25) is 9.59 Å². The van der Waals surface area contributed by atoms with Crippen molar-refractivity contribution < 1.29 is 24.2 Å². The summed E-state index contributed by atoms with van der Waals surface area (Å²) < 4.78 is 11.2. The molecule has 1 aromatic carbocycles. The van der Waals surface area contributed by atoms with Crippen molar-refractivity contribution in [2.75, 3.05) is 13.2 Å². The second-order valence-electron chi connectivity index (χ2n) is 6.81. The third-order valence-corrected chi connectivity index (χ3v) is 5.00. The minimum atomic E-state index is -0.732. The molecule has 0 spiro atoms. The van der Waals surface area contributed by atoms with Gasteiger partial charge in [-0.2, -0.15) is 0 Å². The molecular formula is C19H25NO5. The average Bonchev–Trinajstić information content (AvgIpc) is 2.63. The largest absolute Gasteiger partial charge is 0.490 e. The summed E-state index contributed by atoms with van der Waals surface area (Å²) in [4.78, 5) is 23.3. The van der Waals surface area contributed by atoms with Crippen LogP contribution in [0, 0.1) is 5.92 Å². The zero-order valence-electron chi connectivity index (χ0n) is 14.3. The fourth-order valence-electron chi connectivity index (χ4n) is 3.42. The quantitative estimate of drug-likeness (QED) is 0.855. The molecule has 0 atom stereocenters. The van der Waals surface area contributed by atoms with Gasteiger partial charge in [-0.25, -0.2) is 0 Å². The molecule has 1 saturated heterocycles. The molecule has 6 heteroatoms. The van der Waals surface area contributed by atoms with Gasteiger partial charge >= 0.3 is 5.97 Å². The standard InChI is InChI=1S/C19H25NO5/c21-18(20-15-5-1-14(2-6-15)19(22)23)13-3-7-16(8-4-13)25-17-9-11-24-12-10-17/h3-4,7-8,14-15,17H,1-2,5-6,9-12H2,(H,20,21)(H,22,23). The fourth-order valence-corrected chi connectivity index (χ4v) is 3.42. The number of carbonyl (C=O) groups is 2. The van der Waals surface area contributed by atoms with Gasteiger partial charge in [0.05, 0.1) is 19.1 Å². The van der Waals surface area contributed by atoms with E-state index in [0.29, 0.717) is 31.2 Å². The number of carboxylic acid groups (broad SMARTS) is 1. The topological polar surface area (TPSA) is 84.9 Å². The molecule has 0 radical (unpaired) electrons. The van der Waals surface area contributed by atoms with Gasteiger partial charge in [-0.05, 0) is 49.9 Å². The first kappa shape index (κ1) is 17.7. The third-order valence-electron chi connectivity index (χ3n) is 5.00. The minimum Gasteiger partial charge on any atom is -0.490 e. The van der Waals surface area contributed by atoms with E-state index in [-0.39, 0.29) is 24.0 Å². The zero-order chi connectivity index (χ0) is 17.6. The van der Waals surface area contributed by atoms with Crippen LogP contribution in [-0.2, 0) is 9.53 Å². The number of rotatable bonds is 5. The monoisotopic (exact) mass is 347 g/mol. The molecule has 1 aliphatic heterocycles. The fraction of sp³-hybridized carbons (Fsp3) is 0.579. The lowest BCUT2D eigenvalue weighted by Crippen LogP contribution is -2.38. The Hall–Kier alpha value is -2.08. The van der Waals surface area contributed by atoms with Crippen molar-refractivity contribution in [2.24, 2.45) is 5.92 Å². The Morgan fingerprint density at radius 2 is 1.64 bits per heavy atom. The Morgan fingerprint density at radius 1 is 1.00 bits per heavy atom. The smallest absolute Gasteiger partial charge is 0.306 e. The van der Waals surface area contributed by atoms with Gasteiger partial charge in [0.1, 0.15) is 11.9 Å². The maximum Gasteiger partial charge on any atom is 0.306 e. The van der Waals surface area contributed by atoms with Crippen LogP contribution in [0.5, 0.6) is 5.75 Å². The van der Waals surface area contributed by atoms with Crippen LogP contribution in [0.25, 0.3) is 0 Å². The molecule has 1 amide bonds. The lowest BCUT2D eigenvalue weighted by atomic mass is 9.86. The molecular weight excluding hydrogens is 322 g/mol. The summed E-state index contributed by atoms with van der Waals surface area (Å²) in [6.07, 6.45) is 4.64. The first-order chi connectivity index (χ1) is 12.1. The maximum absolute atomic E-state index is 12.3. The van der Waals surface area contributed by atoms with Crippen molar-refractivity contribution in [3.63, 3.8) is 0 Å². The zero-order valence-corrected chi connectivity index (χ0v) is 14.3. The number of ether oxygens (including phenoxy) is 2. The van der Waals surface area contributed by atoms with Crippen molar-refractivity contribution in [3.8, 4) is 5.75 Å². The summed E-state index contributed by atoms with van der Waals surface area (Å²) in [6.45, 7) is 1.46. The van der Waals surface area contributed by atoms with Crippen LogP contribution in [0.2, 0.25) is 0 Å². The number of carboxylic acids is 1. The van der Waals surface area contributed by atoms with E-state index in [4.69, 9.17) is 14.6 Å². The molecule has 1 saturated carbocycles. The predicted octanol–water partition coefficient (Wildman–Crippen LogP) is 2.62. The molecule has 0 bridgehead atoms. The first-order valence-corrected chi connectivity index (χ1v) is 9.00. The van der Waals surface area contributed by atoms with Crippen LogP contribution in [0.4, 0.5) is 0 Å². The van der Waals surface area contributed by atoms with Crippen LogP contribution in [0.3, 0.4) is 0 Å². The maximum atomic E-state index is 12.3. The second kappa shape index (κ2) is 8.34. The Labute approximate surface area is 147 Å². The summed E-state index contributed by atoms with van der Waals surface area (Å²) in [5.41, 5.74) is 0.597. The number of amides is 1. The SMILES string of the molecule is O=C(NC1CCC(C(=O)O)CC1)c1ccc(OC2CCOCC2)cc1. The van der Waals surface area contributed by atoms with E-state index in [0.717, 1.165) is 31.8 Å². The van der Waals surface area contributed by atoms with E-state index in [1.165, 1.54) is 0 Å². The van der Waals surface area contributed by atoms with E-state index in [9.17, 15) is 9.59 Å². The lowest BCUT2D eigenvalue weighted by Gasteiger charge is -2.27. The summed E-state index contributed by atoms with van der Waals surface area (Å²) >= 11 is 0. The van der Waals surface area contributed by atoms with Crippen LogP contribution in [0.1, 0.15) is 48.9 Å². The van der Waals surface area contributed by atoms with Crippen molar-refractivity contribution in [3.05, 3.63) is 29.8 Å². The third kappa shape index (κ3) is 4.95. The molecule has 1 heterocycles. The van der Waals surface area contributed by atoms with E-state index in [2.05, 4.69) is 5.32 Å². The van der Waals surface area contributed by atoms with Gasteiger partial charge in [0.25, 0.3) is 5.91 Å². The number of nitrogens with one attached hydrogen (secondary N) is 1. The van der Waals surface area contributed by atoms with Crippen LogP contribution >= 0.6 is 0 Å². The molecule has 1 aliphatic carbocycles. The summed E-state index contributed by atoms with van der Waals surface area (Å²) in [6, 6.07) is 7.25. The number of hydrogen-bond acceptors (Lipinski definition) is 4. The number of carbonyl (C=O) groups excluding carboxylic acids is 1. The highest BCUT2D eigenvalue weighted by Crippen LogP contribution is 2.25. The molecule has 6 nitrogen and oxygen atoms in total. The molecule has 3 rings (SSSR count). The average molecular weight is 347 g/mol. The Bertz CT molecular complexity index is 586. The predicted molar refractivity (Wildman–Crippen MR) is 91.8 cm³/mol. The van der Waals surface area contributed by atoms with Gasteiger partial charge in [0.2, 0.25) is 0 Å². The van der Waals surface area contributed by atoms with E-state index < -0.39 is 5.97 Å². The first-order valence-electron chi connectivity index (χ1n) is 9.00. The van der Waals surface area contributed by atoms with Crippen molar-refractivity contribution in [1.29, 1.82) is 0 Å². The summed E-state index contributed by atoms with van der Waals surface area (Å²) in [7, 11) is 0. The molecule has 0 unspecified atom stereocenters. The number of hydrogen-bond donors (Lipinski definition) is 2.